The van der Waals surface area contributed by atoms with Gasteiger partial charge in [0.15, 0.2) is 0 Å². The number of aromatic nitrogens is 3. The Morgan fingerprint density at radius 2 is 2.00 bits per heavy atom. The molecule has 2 aromatic heterocycles. The number of nitrogens with one attached hydrogen (secondary N) is 2. The lowest BCUT2D eigenvalue weighted by Crippen LogP contribution is -2.27. The standard InChI is InChI=1S/C18H21N5O3S2/c1-2-23-13-20-22-17(23)9-10-19-18(24)14-5-7-16(8-6-14)28(25,26)21-12-15-4-3-11-27-15/h3-8,11,13,21H,2,9-10,12H2,1H3,(H,19,24). The maximum absolute atomic E-state index is 12.4. The van der Waals surface area contributed by atoms with E-state index >= 15 is 0 Å². The van der Waals surface area contributed by atoms with Crippen LogP contribution >= 0.6 is 11.3 Å². The summed E-state index contributed by atoms with van der Waals surface area (Å²) in [4.78, 5) is 13.3. The second kappa shape index (κ2) is 9.09. The molecule has 0 aliphatic heterocycles. The number of amides is 1. The van der Waals surface area contributed by atoms with Crippen molar-refractivity contribution in [2.24, 2.45) is 0 Å². The lowest BCUT2D eigenvalue weighted by atomic mass is 10.2. The summed E-state index contributed by atoms with van der Waals surface area (Å²) in [5.74, 6) is 0.541. The molecular weight excluding hydrogens is 398 g/mol. The van der Waals surface area contributed by atoms with E-state index in [1.165, 1.54) is 35.6 Å². The summed E-state index contributed by atoms with van der Waals surface area (Å²) in [7, 11) is -3.63. The Hall–Kier alpha value is -2.56. The highest BCUT2D eigenvalue weighted by molar-refractivity contribution is 7.89. The third kappa shape index (κ3) is 5.03. The van der Waals surface area contributed by atoms with Gasteiger partial charge in [0.05, 0.1) is 4.90 Å². The molecule has 0 radical (unpaired) electrons. The Morgan fingerprint density at radius 3 is 2.68 bits per heavy atom. The van der Waals surface area contributed by atoms with Gasteiger partial charge in [0, 0.05) is 36.5 Å². The summed E-state index contributed by atoms with van der Waals surface area (Å²) >= 11 is 1.48. The van der Waals surface area contributed by atoms with Crippen LogP contribution in [0.5, 0.6) is 0 Å². The van der Waals surface area contributed by atoms with E-state index < -0.39 is 10.0 Å². The van der Waals surface area contributed by atoms with Crippen LogP contribution in [0.1, 0.15) is 28.0 Å². The van der Waals surface area contributed by atoms with E-state index in [4.69, 9.17) is 0 Å². The molecule has 8 nitrogen and oxygen atoms in total. The second-order valence-electron chi connectivity index (χ2n) is 5.97. The number of thiophene rings is 1. The third-order valence-corrected chi connectivity index (χ3v) is 6.41. The second-order valence-corrected chi connectivity index (χ2v) is 8.77. The van der Waals surface area contributed by atoms with Crippen molar-refractivity contribution in [2.45, 2.75) is 31.3 Å². The van der Waals surface area contributed by atoms with Crippen LogP contribution in [0.4, 0.5) is 0 Å². The molecule has 1 aromatic carbocycles. The van der Waals surface area contributed by atoms with Crippen LogP contribution in [0.15, 0.2) is 53.0 Å². The maximum atomic E-state index is 12.4. The lowest BCUT2D eigenvalue weighted by Gasteiger charge is -2.08. The summed E-state index contributed by atoms with van der Waals surface area (Å²) in [5.41, 5.74) is 0.397. The normalized spacial score (nSPS) is 11.5. The molecule has 0 fully saturated rings. The first-order chi connectivity index (χ1) is 13.5. The van der Waals surface area contributed by atoms with E-state index in [2.05, 4.69) is 20.2 Å². The van der Waals surface area contributed by atoms with Gasteiger partial charge in [0.2, 0.25) is 10.0 Å². The minimum Gasteiger partial charge on any atom is -0.352 e. The van der Waals surface area contributed by atoms with Crippen molar-refractivity contribution in [1.29, 1.82) is 0 Å². The number of benzene rings is 1. The van der Waals surface area contributed by atoms with E-state index in [1.54, 1.807) is 6.33 Å². The average Bonchev–Trinajstić information content (AvgIpc) is 3.38. The first-order valence-electron chi connectivity index (χ1n) is 8.76. The topological polar surface area (TPSA) is 106 Å². The SMILES string of the molecule is CCn1cnnc1CCNC(=O)c1ccc(S(=O)(=O)NCc2cccs2)cc1. The van der Waals surface area contributed by atoms with Crippen LogP contribution in [0.3, 0.4) is 0 Å². The first kappa shape index (κ1) is 20.2. The quantitative estimate of drug-likeness (QED) is 0.550. The Kier molecular flexibility index (Phi) is 6.55. The predicted molar refractivity (Wildman–Crippen MR) is 107 cm³/mol. The maximum Gasteiger partial charge on any atom is 0.251 e. The Bertz CT molecular complexity index is 1010. The Morgan fingerprint density at radius 1 is 1.21 bits per heavy atom. The average molecular weight is 420 g/mol. The molecular formula is C18H21N5O3S2. The van der Waals surface area contributed by atoms with E-state index in [9.17, 15) is 13.2 Å². The molecule has 0 saturated heterocycles. The van der Waals surface area contributed by atoms with Crippen LogP contribution in [-0.2, 0) is 29.5 Å². The van der Waals surface area contributed by atoms with Crippen molar-refractivity contribution in [3.63, 3.8) is 0 Å². The fraction of sp³-hybridized carbons (Fsp3) is 0.278. The molecule has 0 bridgehead atoms. The zero-order chi connectivity index (χ0) is 20.0. The molecule has 2 heterocycles. The molecule has 28 heavy (non-hydrogen) atoms. The molecule has 0 spiro atoms. The Labute approximate surface area is 167 Å². The van der Waals surface area contributed by atoms with Gasteiger partial charge in [-0.2, -0.15) is 0 Å². The molecule has 2 N–H and O–H groups in total. The fourth-order valence-corrected chi connectivity index (χ4v) is 4.32. The van der Waals surface area contributed by atoms with Gasteiger partial charge in [-0.1, -0.05) is 6.07 Å². The third-order valence-electron chi connectivity index (χ3n) is 4.11. The molecule has 0 aliphatic carbocycles. The van der Waals surface area contributed by atoms with Crippen molar-refractivity contribution in [1.82, 2.24) is 24.8 Å². The molecule has 0 atom stereocenters. The van der Waals surface area contributed by atoms with Crippen LogP contribution in [0.2, 0.25) is 0 Å². The zero-order valence-corrected chi connectivity index (χ0v) is 17.0. The number of carbonyl (C=O) groups excluding carboxylic acids is 1. The van der Waals surface area contributed by atoms with Gasteiger partial charge in [-0.05, 0) is 42.6 Å². The number of aryl methyl sites for hydroxylation is 1. The summed E-state index contributed by atoms with van der Waals surface area (Å²) in [6, 6.07) is 9.60. The smallest absolute Gasteiger partial charge is 0.251 e. The van der Waals surface area contributed by atoms with Crippen LogP contribution < -0.4 is 10.0 Å². The highest BCUT2D eigenvalue weighted by Crippen LogP contribution is 2.13. The number of carbonyl (C=O) groups is 1. The Balaban J connectivity index is 1.54. The number of hydrogen-bond acceptors (Lipinski definition) is 6. The number of sulfonamides is 1. The monoisotopic (exact) mass is 419 g/mol. The van der Waals surface area contributed by atoms with Crippen LogP contribution in [-0.4, -0.2) is 35.6 Å². The largest absolute Gasteiger partial charge is 0.352 e. The van der Waals surface area contributed by atoms with E-state index in [-0.39, 0.29) is 17.3 Å². The van der Waals surface area contributed by atoms with Gasteiger partial charge in [-0.3, -0.25) is 4.79 Å². The fourth-order valence-electron chi connectivity index (χ4n) is 2.57. The number of nitrogens with zero attached hydrogens (tertiary/aromatic N) is 3. The number of hydrogen-bond donors (Lipinski definition) is 2. The predicted octanol–water partition coefficient (Wildman–Crippen LogP) is 1.81. The van der Waals surface area contributed by atoms with Gasteiger partial charge >= 0.3 is 0 Å². The van der Waals surface area contributed by atoms with Gasteiger partial charge < -0.3 is 9.88 Å². The van der Waals surface area contributed by atoms with E-state index in [1.807, 2.05) is 29.0 Å². The minimum absolute atomic E-state index is 0.122. The lowest BCUT2D eigenvalue weighted by molar-refractivity contribution is 0.0954. The van der Waals surface area contributed by atoms with E-state index in [0.29, 0.717) is 18.5 Å². The van der Waals surface area contributed by atoms with Gasteiger partial charge in [-0.15, -0.1) is 21.5 Å². The molecule has 0 aliphatic rings. The van der Waals surface area contributed by atoms with Crippen LogP contribution in [0.25, 0.3) is 0 Å². The van der Waals surface area contributed by atoms with E-state index in [0.717, 1.165) is 17.2 Å². The number of rotatable bonds is 9. The van der Waals surface area contributed by atoms with Crippen molar-refractivity contribution < 1.29 is 13.2 Å². The first-order valence-corrected chi connectivity index (χ1v) is 11.1. The van der Waals surface area contributed by atoms with Gasteiger partial charge in [-0.25, -0.2) is 13.1 Å². The highest BCUT2D eigenvalue weighted by atomic mass is 32.2. The summed E-state index contributed by atoms with van der Waals surface area (Å²) in [6.45, 7) is 3.42. The molecule has 0 saturated carbocycles. The molecule has 10 heteroatoms. The van der Waals surface area contributed by atoms with Crippen molar-refractivity contribution in [2.75, 3.05) is 6.54 Å². The molecule has 148 valence electrons. The van der Waals surface area contributed by atoms with Crippen molar-refractivity contribution in [3.05, 3.63) is 64.4 Å². The minimum atomic E-state index is -3.63. The van der Waals surface area contributed by atoms with Crippen molar-refractivity contribution >= 4 is 27.3 Å². The van der Waals surface area contributed by atoms with Crippen molar-refractivity contribution in [3.8, 4) is 0 Å². The summed E-state index contributed by atoms with van der Waals surface area (Å²) in [6.07, 6.45) is 2.22. The molecule has 0 unspecified atom stereocenters. The highest BCUT2D eigenvalue weighted by Gasteiger charge is 2.15. The zero-order valence-electron chi connectivity index (χ0n) is 15.3. The molecule has 1 amide bonds. The van der Waals surface area contributed by atoms with Crippen LogP contribution in [0, 0.1) is 0 Å². The molecule has 3 rings (SSSR count). The summed E-state index contributed by atoms with van der Waals surface area (Å²) in [5, 5.41) is 12.6. The van der Waals surface area contributed by atoms with Gasteiger partial charge in [0.25, 0.3) is 5.91 Å². The van der Waals surface area contributed by atoms with Gasteiger partial charge in [0.1, 0.15) is 12.2 Å². The molecule has 3 aromatic rings. The summed E-state index contributed by atoms with van der Waals surface area (Å²) < 4.78 is 29.2.